The lowest BCUT2D eigenvalue weighted by Gasteiger charge is -2.24. The molecule has 2 fully saturated rings. The first-order valence-electron chi connectivity index (χ1n) is 9.76. The molecule has 29 heavy (non-hydrogen) atoms. The SMILES string of the molecule is NC(=O)Oc1cccn(C(CC2CC2)C(=O)NC(CO)C[C@@H]2CCNC2=O)c1=O. The third kappa shape index (κ3) is 5.35. The number of primary amides is 1. The van der Waals surface area contributed by atoms with Crippen LogP contribution in [-0.2, 0) is 9.59 Å². The van der Waals surface area contributed by atoms with Gasteiger partial charge in [0.25, 0.3) is 5.56 Å². The van der Waals surface area contributed by atoms with Crippen LogP contribution in [0.25, 0.3) is 0 Å². The Morgan fingerprint density at radius 3 is 2.66 bits per heavy atom. The Morgan fingerprint density at radius 2 is 2.07 bits per heavy atom. The molecule has 1 saturated carbocycles. The maximum atomic E-state index is 13.0. The third-order valence-electron chi connectivity index (χ3n) is 5.34. The standard InChI is InChI=1S/C19H26N4O6/c20-19(28)29-15-2-1-7-23(18(15)27)14(8-11-3-4-11)17(26)22-13(10-24)9-12-5-6-21-16(12)25/h1-2,7,11-14,24H,3-6,8-10H2,(H2,20,28)(H,21,25)(H,22,26)/t12-,13?,14?/m0/s1. The van der Waals surface area contributed by atoms with E-state index in [1.54, 1.807) is 0 Å². The number of carbonyl (C=O) groups is 3. The van der Waals surface area contributed by atoms with Crippen LogP contribution >= 0.6 is 0 Å². The maximum Gasteiger partial charge on any atom is 0.410 e. The second kappa shape index (κ2) is 9.08. The predicted octanol–water partition coefficient (Wildman–Crippen LogP) is -0.350. The number of aliphatic hydroxyl groups excluding tert-OH is 1. The molecule has 158 valence electrons. The summed E-state index contributed by atoms with van der Waals surface area (Å²) in [5, 5.41) is 15.2. The number of carbonyl (C=O) groups excluding carboxylic acids is 3. The number of amides is 3. The smallest absolute Gasteiger partial charge is 0.405 e. The molecule has 2 unspecified atom stereocenters. The minimum Gasteiger partial charge on any atom is -0.405 e. The topological polar surface area (TPSA) is 153 Å². The lowest BCUT2D eigenvalue weighted by Crippen LogP contribution is -2.45. The number of nitrogens with one attached hydrogen (secondary N) is 2. The fraction of sp³-hybridized carbons (Fsp3) is 0.579. The van der Waals surface area contributed by atoms with E-state index in [0.717, 1.165) is 12.8 Å². The van der Waals surface area contributed by atoms with Gasteiger partial charge < -0.3 is 26.2 Å². The van der Waals surface area contributed by atoms with Crippen molar-refractivity contribution >= 4 is 17.9 Å². The van der Waals surface area contributed by atoms with Gasteiger partial charge in [-0.15, -0.1) is 0 Å². The van der Waals surface area contributed by atoms with Gasteiger partial charge in [0.2, 0.25) is 11.8 Å². The molecule has 1 aromatic rings. The summed E-state index contributed by atoms with van der Waals surface area (Å²) in [6, 6.07) is 1.39. The fourth-order valence-electron chi connectivity index (χ4n) is 3.63. The Labute approximate surface area is 167 Å². The number of nitrogens with two attached hydrogens (primary N) is 1. The molecule has 3 amide bonds. The lowest BCUT2D eigenvalue weighted by molar-refractivity contribution is -0.127. The molecule has 1 saturated heterocycles. The molecule has 1 aliphatic carbocycles. The monoisotopic (exact) mass is 406 g/mol. The number of aliphatic hydroxyl groups is 1. The molecule has 3 atom stereocenters. The number of aromatic nitrogens is 1. The zero-order chi connectivity index (χ0) is 21.0. The first-order chi connectivity index (χ1) is 13.9. The zero-order valence-electron chi connectivity index (χ0n) is 16.0. The number of hydrogen-bond acceptors (Lipinski definition) is 6. The van der Waals surface area contributed by atoms with E-state index in [4.69, 9.17) is 10.5 Å². The van der Waals surface area contributed by atoms with E-state index in [2.05, 4.69) is 10.6 Å². The van der Waals surface area contributed by atoms with Gasteiger partial charge in [-0.1, -0.05) is 12.8 Å². The fourth-order valence-corrected chi connectivity index (χ4v) is 3.63. The van der Waals surface area contributed by atoms with E-state index in [0.29, 0.717) is 31.7 Å². The van der Waals surface area contributed by atoms with E-state index in [9.17, 15) is 24.3 Å². The van der Waals surface area contributed by atoms with Gasteiger partial charge in [-0.3, -0.25) is 19.0 Å². The summed E-state index contributed by atoms with van der Waals surface area (Å²) in [6.07, 6.45) is 3.73. The number of pyridine rings is 1. The van der Waals surface area contributed by atoms with Gasteiger partial charge in [0.15, 0.2) is 5.75 Å². The highest BCUT2D eigenvalue weighted by molar-refractivity contribution is 5.82. The molecule has 10 heteroatoms. The molecule has 3 rings (SSSR count). The summed E-state index contributed by atoms with van der Waals surface area (Å²) >= 11 is 0. The van der Waals surface area contributed by atoms with E-state index in [1.165, 1.54) is 22.9 Å². The Hall–Kier alpha value is -2.88. The van der Waals surface area contributed by atoms with Crippen molar-refractivity contribution in [1.29, 1.82) is 0 Å². The van der Waals surface area contributed by atoms with Gasteiger partial charge in [-0.05, 0) is 37.3 Å². The highest BCUT2D eigenvalue weighted by Crippen LogP contribution is 2.36. The summed E-state index contributed by atoms with van der Waals surface area (Å²) < 4.78 is 5.95. The van der Waals surface area contributed by atoms with Crippen LogP contribution in [0, 0.1) is 11.8 Å². The van der Waals surface area contributed by atoms with Crippen molar-refractivity contribution in [1.82, 2.24) is 15.2 Å². The quantitative estimate of drug-likeness (QED) is 0.440. The molecule has 10 nitrogen and oxygen atoms in total. The number of rotatable bonds is 9. The number of ether oxygens (including phenoxy) is 1. The molecule has 1 aromatic heterocycles. The minimum absolute atomic E-state index is 0.0836. The largest absolute Gasteiger partial charge is 0.410 e. The molecule has 2 aliphatic rings. The van der Waals surface area contributed by atoms with Crippen LogP contribution in [0.4, 0.5) is 4.79 Å². The molecule has 0 bridgehead atoms. The molecule has 0 spiro atoms. The highest BCUT2D eigenvalue weighted by atomic mass is 16.5. The van der Waals surface area contributed by atoms with Crippen LogP contribution in [0.15, 0.2) is 23.1 Å². The Balaban J connectivity index is 1.77. The molecule has 0 radical (unpaired) electrons. The van der Waals surface area contributed by atoms with Crippen LogP contribution in [0.1, 0.15) is 38.1 Å². The van der Waals surface area contributed by atoms with Crippen molar-refractivity contribution in [3.05, 3.63) is 28.7 Å². The first kappa shape index (κ1) is 20.8. The van der Waals surface area contributed by atoms with Crippen LogP contribution in [0.3, 0.4) is 0 Å². The van der Waals surface area contributed by atoms with Crippen molar-refractivity contribution in [2.45, 2.75) is 44.2 Å². The second-order valence-corrected chi connectivity index (χ2v) is 7.60. The van der Waals surface area contributed by atoms with Crippen molar-refractivity contribution in [3.63, 3.8) is 0 Å². The van der Waals surface area contributed by atoms with Gasteiger partial charge in [0.05, 0.1) is 12.6 Å². The highest BCUT2D eigenvalue weighted by Gasteiger charge is 2.33. The van der Waals surface area contributed by atoms with Crippen molar-refractivity contribution in [2.24, 2.45) is 17.6 Å². The average Bonchev–Trinajstić information content (AvgIpc) is 3.42. The van der Waals surface area contributed by atoms with Crippen LogP contribution in [-0.4, -0.2) is 46.8 Å². The van der Waals surface area contributed by atoms with Gasteiger partial charge in [0, 0.05) is 18.7 Å². The Bertz CT molecular complexity index is 834. The van der Waals surface area contributed by atoms with Gasteiger partial charge >= 0.3 is 6.09 Å². The van der Waals surface area contributed by atoms with Gasteiger partial charge in [-0.2, -0.15) is 0 Å². The van der Waals surface area contributed by atoms with E-state index < -0.39 is 29.6 Å². The summed E-state index contributed by atoms with van der Waals surface area (Å²) in [7, 11) is 0. The number of hydrogen-bond donors (Lipinski definition) is 4. The van der Waals surface area contributed by atoms with Gasteiger partial charge in [0.1, 0.15) is 6.04 Å². The lowest BCUT2D eigenvalue weighted by atomic mass is 9.98. The molecule has 1 aliphatic heterocycles. The van der Waals surface area contributed by atoms with E-state index in [-0.39, 0.29) is 24.2 Å². The Morgan fingerprint density at radius 1 is 1.31 bits per heavy atom. The molecular weight excluding hydrogens is 380 g/mol. The summed E-state index contributed by atoms with van der Waals surface area (Å²) in [5.74, 6) is -0.696. The Kier molecular flexibility index (Phi) is 6.53. The van der Waals surface area contributed by atoms with Crippen LogP contribution in [0.2, 0.25) is 0 Å². The van der Waals surface area contributed by atoms with Gasteiger partial charge in [-0.25, -0.2) is 4.79 Å². The molecule has 2 heterocycles. The van der Waals surface area contributed by atoms with E-state index in [1.807, 2.05) is 0 Å². The second-order valence-electron chi connectivity index (χ2n) is 7.60. The van der Waals surface area contributed by atoms with Crippen molar-refractivity contribution in [2.75, 3.05) is 13.2 Å². The summed E-state index contributed by atoms with van der Waals surface area (Å²) in [4.78, 5) is 48.5. The van der Waals surface area contributed by atoms with Crippen LogP contribution in [0.5, 0.6) is 5.75 Å². The third-order valence-corrected chi connectivity index (χ3v) is 5.34. The molecule has 0 aromatic carbocycles. The van der Waals surface area contributed by atoms with Crippen LogP contribution < -0.4 is 26.7 Å². The molecular formula is C19H26N4O6. The summed E-state index contributed by atoms with van der Waals surface area (Å²) in [6.45, 7) is 0.271. The maximum absolute atomic E-state index is 13.0. The zero-order valence-corrected chi connectivity index (χ0v) is 16.0. The first-order valence-corrected chi connectivity index (χ1v) is 9.76. The normalized spacial score (nSPS) is 20.6. The van der Waals surface area contributed by atoms with E-state index >= 15 is 0 Å². The predicted molar refractivity (Wildman–Crippen MR) is 102 cm³/mol. The van der Waals surface area contributed by atoms with Crippen molar-refractivity contribution < 1.29 is 24.2 Å². The van der Waals surface area contributed by atoms with Crippen molar-refractivity contribution in [3.8, 4) is 5.75 Å². The molecule has 5 N–H and O–H groups in total. The minimum atomic E-state index is -1.11. The summed E-state index contributed by atoms with van der Waals surface area (Å²) in [5.41, 5.74) is 4.36. The average molecular weight is 406 g/mol. The number of nitrogens with zero attached hydrogens (tertiary/aromatic N) is 1.